The lowest BCUT2D eigenvalue weighted by molar-refractivity contribution is -0.128. The number of benzene rings is 1. The SMILES string of the molecule is CCCN(CC1CC1)C(=O)CSc1nc2ccccc2[nH]1. The molecule has 0 radical (unpaired) electrons. The zero-order valence-corrected chi connectivity index (χ0v) is 13.2. The van der Waals surface area contributed by atoms with Crippen molar-refractivity contribution in [3.05, 3.63) is 24.3 Å². The Bertz CT molecular complexity index is 588. The van der Waals surface area contributed by atoms with Crippen molar-refractivity contribution in [3.63, 3.8) is 0 Å². The summed E-state index contributed by atoms with van der Waals surface area (Å²) < 4.78 is 0. The molecule has 112 valence electrons. The van der Waals surface area contributed by atoms with Gasteiger partial charge in [0, 0.05) is 13.1 Å². The van der Waals surface area contributed by atoms with E-state index in [0.717, 1.165) is 41.6 Å². The molecule has 0 atom stereocenters. The topological polar surface area (TPSA) is 49.0 Å². The van der Waals surface area contributed by atoms with Gasteiger partial charge in [-0.05, 0) is 37.3 Å². The van der Waals surface area contributed by atoms with E-state index in [1.54, 1.807) is 0 Å². The smallest absolute Gasteiger partial charge is 0.233 e. The van der Waals surface area contributed by atoms with Crippen LogP contribution in [0.2, 0.25) is 0 Å². The fraction of sp³-hybridized carbons (Fsp3) is 0.500. The van der Waals surface area contributed by atoms with Gasteiger partial charge in [0.15, 0.2) is 5.16 Å². The molecule has 0 aliphatic heterocycles. The Hall–Kier alpha value is -1.49. The molecule has 0 unspecified atom stereocenters. The van der Waals surface area contributed by atoms with Gasteiger partial charge in [-0.3, -0.25) is 4.79 Å². The first-order valence-corrected chi connectivity index (χ1v) is 8.60. The summed E-state index contributed by atoms with van der Waals surface area (Å²) in [6, 6.07) is 7.94. The molecule has 1 aromatic heterocycles. The van der Waals surface area contributed by atoms with E-state index in [9.17, 15) is 4.79 Å². The maximum Gasteiger partial charge on any atom is 0.233 e. The van der Waals surface area contributed by atoms with E-state index in [-0.39, 0.29) is 5.91 Å². The molecule has 2 aromatic rings. The van der Waals surface area contributed by atoms with Crippen LogP contribution in [0, 0.1) is 5.92 Å². The number of hydrogen-bond donors (Lipinski definition) is 1. The zero-order chi connectivity index (χ0) is 14.7. The van der Waals surface area contributed by atoms with Gasteiger partial charge in [-0.15, -0.1) is 0 Å². The molecule has 1 N–H and O–H groups in total. The van der Waals surface area contributed by atoms with Gasteiger partial charge in [-0.1, -0.05) is 30.8 Å². The van der Waals surface area contributed by atoms with E-state index >= 15 is 0 Å². The first-order valence-electron chi connectivity index (χ1n) is 7.61. The van der Waals surface area contributed by atoms with Gasteiger partial charge in [0.05, 0.1) is 16.8 Å². The van der Waals surface area contributed by atoms with Crippen LogP contribution >= 0.6 is 11.8 Å². The predicted molar refractivity (Wildman–Crippen MR) is 86.4 cm³/mol. The molecule has 1 heterocycles. The molecular formula is C16H21N3OS. The van der Waals surface area contributed by atoms with Gasteiger partial charge in [0.1, 0.15) is 0 Å². The van der Waals surface area contributed by atoms with Gasteiger partial charge in [0.25, 0.3) is 0 Å². The number of imidazole rings is 1. The highest BCUT2D eigenvalue weighted by Crippen LogP contribution is 2.30. The standard InChI is InChI=1S/C16H21N3OS/c1-2-9-19(10-12-7-8-12)15(20)11-21-16-17-13-5-3-4-6-14(13)18-16/h3-6,12H,2,7-11H2,1H3,(H,17,18). The van der Waals surface area contributed by atoms with Gasteiger partial charge >= 0.3 is 0 Å². The number of para-hydroxylation sites is 2. The summed E-state index contributed by atoms with van der Waals surface area (Å²) in [5.74, 6) is 1.44. The lowest BCUT2D eigenvalue weighted by Crippen LogP contribution is -2.34. The summed E-state index contributed by atoms with van der Waals surface area (Å²) in [6.07, 6.45) is 3.59. The summed E-state index contributed by atoms with van der Waals surface area (Å²) in [7, 11) is 0. The summed E-state index contributed by atoms with van der Waals surface area (Å²) in [4.78, 5) is 22.1. The summed E-state index contributed by atoms with van der Waals surface area (Å²) in [5, 5.41) is 0.826. The number of thioether (sulfide) groups is 1. The predicted octanol–water partition coefficient (Wildman–Crippen LogP) is 3.30. The number of carbonyl (C=O) groups excluding carboxylic acids is 1. The molecule has 0 bridgehead atoms. The molecule has 4 nitrogen and oxygen atoms in total. The van der Waals surface area contributed by atoms with Crippen LogP contribution in [0.15, 0.2) is 29.4 Å². The van der Waals surface area contributed by atoms with Crippen LogP contribution in [-0.2, 0) is 4.79 Å². The number of carbonyl (C=O) groups is 1. The highest BCUT2D eigenvalue weighted by Gasteiger charge is 2.26. The van der Waals surface area contributed by atoms with Crippen molar-refractivity contribution < 1.29 is 4.79 Å². The van der Waals surface area contributed by atoms with E-state index < -0.39 is 0 Å². The Balaban J connectivity index is 1.58. The summed E-state index contributed by atoms with van der Waals surface area (Å²) in [5.41, 5.74) is 1.98. The third-order valence-corrected chi connectivity index (χ3v) is 4.58. The van der Waals surface area contributed by atoms with Crippen molar-refractivity contribution in [2.75, 3.05) is 18.8 Å². The van der Waals surface area contributed by atoms with Crippen LogP contribution < -0.4 is 0 Å². The van der Waals surface area contributed by atoms with Gasteiger partial charge < -0.3 is 9.88 Å². The Morgan fingerprint density at radius 2 is 2.24 bits per heavy atom. The monoisotopic (exact) mass is 303 g/mol. The number of hydrogen-bond acceptors (Lipinski definition) is 3. The molecule has 1 aliphatic carbocycles. The number of aromatic nitrogens is 2. The molecule has 1 aromatic carbocycles. The van der Waals surface area contributed by atoms with Gasteiger partial charge in [-0.2, -0.15) is 0 Å². The Morgan fingerprint density at radius 3 is 2.95 bits per heavy atom. The largest absolute Gasteiger partial charge is 0.342 e. The minimum Gasteiger partial charge on any atom is -0.342 e. The molecule has 1 amide bonds. The fourth-order valence-corrected chi connectivity index (χ4v) is 3.21. The highest BCUT2D eigenvalue weighted by atomic mass is 32.2. The first-order chi connectivity index (χ1) is 10.3. The van der Waals surface area contributed by atoms with Gasteiger partial charge in [0.2, 0.25) is 5.91 Å². The molecule has 0 spiro atoms. The molecule has 5 heteroatoms. The average Bonchev–Trinajstić information content (AvgIpc) is 3.21. The van der Waals surface area contributed by atoms with Crippen LogP contribution in [0.4, 0.5) is 0 Å². The third-order valence-electron chi connectivity index (χ3n) is 3.72. The van der Waals surface area contributed by atoms with E-state index in [2.05, 4.69) is 16.9 Å². The molecular weight excluding hydrogens is 282 g/mol. The van der Waals surface area contributed by atoms with Crippen LogP contribution in [0.1, 0.15) is 26.2 Å². The molecule has 1 saturated carbocycles. The minimum absolute atomic E-state index is 0.231. The van der Waals surface area contributed by atoms with E-state index in [1.165, 1.54) is 24.6 Å². The number of aromatic amines is 1. The number of nitrogens with zero attached hydrogens (tertiary/aromatic N) is 2. The zero-order valence-electron chi connectivity index (χ0n) is 12.3. The number of nitrogens with one attached hydrogen (secondary N) is 1. The second kappa shape index (κ2) is 6.52. The van der Waals surface area contributed by atoms with Crippen molar-refractivity contribution in [1.82, 2.24) is 14.9 Å². The highest BCUT2D eigenvalue weighted by molar-refractivity contribution is 7.99. The maximum atomic E-state index is 12.3. The van der Waals surface area contributed by atoms with E-state index in [4.69, 9.17) is 0 Å². The number of H-pyrrole nitrogens is 1. The average molecular weight is 303 g/mol. The number of amides is 1. The van der Waals surface area contributed by atoms with Crippen molar-refractivity contribution in [1.29, 1.82) is 0 Å². The number of rotatable bonds is 7. The Kier molecular flexibility index (Phi) is 4.48. The van der Waals surface area contributed by atoms with E-state index in [0.29, 0.717) is 5.75 Å². The molecule has 21 heavy (non-hydrogen) atoms. The normalized spacial score (nSPS) is 14.5. The van der Waals surface area contributed by atoms with Gasteiger partial charge in [-0.25, -0.2) is 4.98 Å². The first kappa shape index (κ1) is 14.4. The van der Waals surface area contributed by atoms with Crippen molar-refractivity contribution >= 4 is 28.7 Å². The Morgan fingerprint density at radius 1 is 1.43 bits per heavy atom. The van der Waals surface area contributed by atoms with Crippen LogP contribution in [0.5, 0.6) is 0 Å². The fourth-order valence-electron chi connectivity index (χ4n) is 2.42. The number of fused-ring (bicyclic) bond motifs is 1. The molecule has 1 aliphatic rings. The minimum atomic E-state index is 0.231. The van der Waals surface area contributed by atoms with Crippen molar-refractivity contribution in [2.24, 2.45) is 5.92 Å². The van der Waals surface area contributed by atoms with Crippen molar-refractivity contribution in [3.8, 4) is 0 Å². The summed E-state index contributed by atoms with van der Waals surface area (Å²) in [6.45, 7) is 3.93. The molecule has 3 rings (SSSR count). The lowest BCUT2D eigenvalue weighted by atomic mass is 10.3. The van der Waals surface area contributed by atoms with Crippen LogP contribution in [0.25, 0.3) is 11.0 Å². The lowest BCUT2D eigenvalue weighted by Gasteiger charge is -2.21. The Labute approximate surface area is 129 Å². The molecule has 1 fully saturated rings. The quantitative estimate of drug-likeness (QED) is 0.798. The van der Waals surface area contributed by atoms with Crippen LogP contribution in [-0.4, -0.2) is 39.6 Å². The second-order valence-corrected chi connectivity index (χ2v) is 6.59. The van der Waals surface area contributed by atoms with Crippen LogP contribution in [0.3, 0.4) is 0 Å². The summed E-state index contributed by atoms with van der Waals surface area (Å²) >= 11 is 1.50. The van der Waals surface area contributed by atoms with E-state index in [1.807, 2.05) is 29.2 Å². The maximum absolute atomic E-state index is 12.3. The second-order valence-electron chi connectivity index (χ2n) is 5.63. The van der Waals surface area contributed by atoms with Crippen molar-refractivity contribution in [2.45, 2.75) is 31.3 Å². The third kappa shape index (κ3) is 3.79. The molecule has 0 saturated heterocycles.